The highest BCUT2D eigenvalue weighted by Gasteiger charge is 2.46. The molecule has 1 aromatic heterocycles. The zero-order valence-electron chi connectivity index (χ0n) is 20.7. The van der Waals surface area contributed by atoms with E-state index in [-0.39, 0.29) is 11.3 Å². The molecule has 0 spiro atoms. The number of hydrogen-bond donors (Lipinski definition) is 2. The second-order valence-electron chi connectivity index (χ2n) is 8.97. The number of aliphatic hydroxyl groups excluding tert-OH is 1. The van der Waals surface area contributed by atoms with Crippen molar-refractivity contribution in [1.82, 2.24) is 9.88 Å². The van der Waals surface area contributed by atoms with E-state index in [0.717, 1.165) is 12.0 Å². The summed E-state index contributed by atoms with van der Waals surface area (Å²) in [6.07, 6.45) is 7.08. The number of aliphatic hydroxyl groups is 1. The summed E-state index contributed by atoms with van der Waals surface area (Å²) in [5, 5.41) is 11.4. The molecule has 9 nitrogen and oxygen atoms in total. The summed E-state index contributed by atoms with van der Waals surface area (Å²) in [7, 11) is 0. The lowest BCUT2D eigenvalue weighted by atomic mass is 9.95. The van der Waals surface area contributed by atoms with Gasteiger partial charge in [0.05, 0.1) is 24.8 Å². The van der Waals surface area contributed by atoms with Gasteiger partial charge in [0.15, 0.2) is 11.5 Å². The van der Waals surface area contributed by atoms with Crippen molar-refractivity contribution in [2.24, 2.45) is 0 Å². The van der Waals surface area contributed by atoms with Gasteiger partial charge in [0.2, 0.25) is 6.33 Å². The zero-order chi connectivity index (χ0) is 25.8. The summed E-state index contributed by atoms with van der Waals surface area (Å²) in [6, 6.07) is 11.6. The molecule has 2 N–H and O–H groups in total. The normalized spacial score (nSPS) is 18.3. The van der Waals surface area contributed by atoms with E-state index in [4.69, 9.17) is 14.2 Å². The first-order valence-corrected chi connectivity index (χ1v) is 12.5. The highest BCUT2D eigenvalue weighted by molar-refractivity contribution is 6.46. The number of fused-ring (bicyclic) bond motifs is 1. The molecule has 192 valence electrons. The number of imidazole rings is 1. The van der Waals surface area contributed by atoms with E-state index < -0.39 is 17.7 Å². The Kier molecular flexibility index (Phi) is 7.11. The molecule has 0 saturated carbocycles. The summed E-state index contributed by atoms with van der Waals surface area (Å²) in [5.41, 5.74) is 1.16. The number of aryl methyl sites for hydroxylation is 1. The Morgan fingerprint density at radius 2 is 1.92 bits per heavy atom. The van der Waals surface area contributed by atoms with E-state index in [1.54, 1.807) is 23.1 Å². The molecule has 1 saturated heterocycles. The third-order valence-electron chi connectivity index (χ3n) is 6.44. The van der Waals surface area contributed by atoms with Crippen LogP contribution < -0.4 is 18.8 Å². The quantitative estimate of drug-likeness (QED) is 0.200. The molecule has 0 bridgehead atoms. The van der Waals surface area contributed by atoms with Gasteiger partial charge < -0.3 is 24.2 Å². The molecule has 0 radical (unpaired) electrons. The molecule has 1 atom stereocenters. The Labute approximate surface area is 214 Å². The topological polar surface area (TPSA) is 105 Å². The van der Waals surface area contributed by atoms with Gasteiger partial charge in [-0.3, -0.25) is 14.6 Å². The van der Waals surface area contributed by atoms with E-state index in [2.05, 4.69) is 4.98 Å². The van der Waals surface area contributed by atoms with Crippen LogP contribution in [0.15, 0.2) is 66.8 Å². The molecule has 2 aromatic carbocycles. The Morgan fingerprint density at radius 3 is 2.65 bits per heavy atom. The fourth-order valence-corrected chi connectivity index (χ4v) is 4.65. The van der Waals surface area contributed by atoms with Gasteiger partial charge in [-0.05, 0) is 42.3 Å². The van der Waals surface area contributed by atoms with Crippen LogP contribution in [0.5, 0.6) is 17.2 Å². The van der Waals surface area contributed by atoms with E-state index >= 15 is 0 Å². The van der Waals surface area contributed by atoms with Crippen LogP contribution in [0.4, 0.5) is 0 Å². The fourth-order valence-electron chi connectivity index (χ4n) is 4.65. The van der Waals surface area contributed by atoms with Gasteiger partial charge in [-0.25, -0.2) is 4.57 Å². The van der Waals surface area contributed by atoms with Crippen LogP contribution in [0.3, 0.4) is 0 Å². The van der Waals surface area contributed by atoms with Crippen LogP contribution >= 0.6 is 0 Å². The van der Waals surface area contributed by atoms with E-state index in [0.29, 0.717) is 62.1 Å². The number of rotatable bonds is 9. The van der Waals surface area contributed by atoms with Crippen LogP contribution in [0, 0.1) is 0 Å². The second-order valence-corrected chi connectivity index (χ2v) is 8.97. The van der Waals surface area contributed by atoms with Crippen molar-refractivity contribution in [2.45, 2.75) is 32.4 Å². The van der Waals surface area contributed by atoms with Crippen molar-refractivity contribution >= 4 is 17.4 Å². The van der Waals surface area contributed by atoms with Crippen LogP contribution in [-0.2, 0) is 16.1 Å². The number of nitrogens with one attached hydrogen (secondary N) is 1. The minimum absolute atomic E-state index is 0.0539. The van der Waals surface area contributed by atoms with Crippen LogP contribution in [0.25, 0.3) is 5.76 Å². The molecule has 2 aliphatic rings. The molecule has 3 heterocycles. The van der Waals surface area contributed by atoms with Gasteiger partial charge in [0.25, 0.3) is 11.7 Å². The molecule has 0 aliphatic carbocycles. The first-order valence-electron chi connectivity index (χ1n) is 12.5. The van der Waals surface area contributed by atoms with Crippen LogP contribution in [0.2, 0.25) is 0 Å². The lowest BCUT2D eigenvalue weighted by molar-refractivity contribution is -0.695. The maximum absolute atomic E-state index is 13.3. The molecule has 37 heavy (non-hydrogen) atoms. The average molecular weight is 505 g/mol. The summed E-state index contributed by atoms with van der Waals surface area (Å²) in [6.45, 7) is 4.49. The van der Waals surface area contributed by atoms with Crippen molar-refractivity contribution in [3.05, 3.63) is 77.9 Å². The van der Waals surface area contributed by atoms with Crippen LogP contribution in [-0.4, -0.2) is 53.0 Å². The number of aromatic nitrogens is 2. The number of hydrogen-bond acceptors (Lipinski definition) is 6. The number of benzene rings is 2. The van der Waals surface area contributed by atoms with Crippen molar-refractivity contribution < 1.29 is 33.5 Å². The lowest BCUT2D eigenvalue weighted by Gasteiger charge is -2.25. The molecule has 5 rings (SSSR count). The number of ether oxygens (including phenoxy) is 3. The largest absolute Gasteiger partial charge is 0.507 e. The van der Waals surface area contributed by atoms with E-state index in [1.165, 1.54) is 0 Å². The van der Waals surface area contributed by atoms with E-state index in [9.17, 15) is 14.7 Å². The summed E-state index contributed by atoms with van der Waals surface area (Å²) in [4.78, 5) is 31.1. The van der Waals surface area contributed by atoms with Gasteiger partial charge in [-0.15, -0.1) is 0 Å². The average Bonchev–Trinajstić information content (AvgIpc) is 3.54. The maximum atomic E-state index is 13.3. The number of amides is 1. The molecular formula is C28H30N3O6+. The highest BCUT2D eigenvalue weighted by Crippen LogP contribution is 2.41. The van der Waals surface area contributed by atoms with Gasteiger partial charge in [-0.2, -0.15) is 0 Å². The first-order chi connectivity index (χ1) is 18.1. The molecule has 9 heteroatoms. The number of carbonyl (C=O) groups is 2. The Hall–Kier alpha value is -4.27. The predicted octanol–water partition coefficient (Wildman–Crippen LogP) is 3.37. The molecular weight excluding hydrogens is 474 g/mol. The number of aromatic amines is 1. The number of Topliss-reactive ketones (excluding diaryl/α,β-unsaturated/α-hetero) is 1. The van der Waals surface area contributed by atoms with Gasteiger partial charge in [0.1, 0.15) is 37.1 Å². The van der Waals surface area contributed by atoms with E-state index in [1.807, 2.05) is 54.5 Å². The lowest BCUT2D eigenvalue weighted by Crippen LogP contribution is -2.36. The number of likely N-dealkylation sites (tertiary alicyclic amines) is 1. The third kappa shape index (κ3) is 5.02. The molecule has 1 unspecified atom stereocenters. The Bertz CT molecular complexity index is 1300. The minimum atomic E-state index is -0.732. The van der Waals surface area contributed by atoms with Gasteiger partial charge in [0, 0.05) is 18.5 Å². The van der Waals surface area contributed by atoms with Gasteiger partial charge in [-0.1, -0.05) is 19.1 Å². The Morgan fingerprint density at radius 1 is 1.14 bits per heavy atom. The molecule has 3 aromatic rings. The zero-order valence-corrected chi connectivity index (χ0v) is 20.7. The minimum Gasteiger partial charge on any atom is -0.507 e. The second kappa shape index (κ2) is 10.8. The molecule has 1 fully saturated rings. The number of H-pyrrole nitrogens is 1. The predicted molar refractivity (Wildman–Crippen MR) is 134 cm³/mol. The highest BCUT2D eigenvalue weighted by atomic mass is 16.6. The number of ketones is 1. The van der Waals surface area contributed by atoms with Crippen molar-refractivity contribution in [2.75, 3.05) is 26.4 Å². The summed E-state index contributed by atoms with van der Waals surface area (Å²) in [5.74, 6) is 0.187. The molecule has 2 aliphatic heterocycles. The van der Waals surface area contributed by atoms with Gasteiger partial charge >= 0.3 is 0 Å². The fraction of sp³-hybridized carbons (Fsp3) is 0.321. The Balaban J connectivity index is 1.50. The molecule has 1 amide bonds. The maximum Gasteiger partial charge on any atom is 0.295 e. The van der Waals surface area contributed by atoms with Crippen LogP contribution in [0.1, 0.15) is 36.9 Å². The summed E-state index contributed by atoms with van der Waals surface area (Å²) >= 11 is 0. The van der Waals surface area contributed by atoms with Crippen molar-refractivity contribution in [3.63, 3.8) is 0 Å². The SMILES string of the molecule is CCCOc1ccc(C2/C(=C(\O)c3ccc4c(c3)OCCO4)C(=O)C(=O)N2CCC[n+]2cc[nH]c2)cc1. The number of nitrogens with zero attached hydrogens (tertiary/aromatic N) is 2. The first kappa shape index (κ1) is 24.4. The third-order valence-corrected chi connectivity index (χ3v) is 6.44. The number of carbonyl (C=O) groups excluding carboxylic acids is 2. The summed E-state index contributed by atoms with van der Waals surface area (Å²) < 4.78 is 18.9. The smallest absolute Gasteiger partial charge is 0.295 e. The monoisotopic (exact) mass is 504 g/mol. The van der Waals surface area contributed by atoms with Crippen molar-refractivity contribution in [1.29, 1.82) is 0 Å². The van der Waals surface area contributed by atoms with Crippen molar-refractivity contribution in [3.8, 4) is 17.2 Å². The standard InChI is InChI=1S/C28H29N3O6/c1-2-14-35-21-7-4-19(5-8-21)25-24(26(32)20-6-9-22-23(17-20)37-16-15-36-22)27(33)28(34)31(25)12-3-11-30-13-10-29-18-30/h4-10,13,17-18,25H,2-3,11-12,14-16H2,1H3,(H,32,33)/p+1.